The monoisotopic (exact) mass is 504 g/mol. The van der Waals surface area contributed by atoms with Crippen LogP contribution in [0, 0.1) is 34.4 Å². The summed E-state index contributed by atoms with van der Waals surface area (Å²) in [6.45, 7) is 9.19. The van der Waals surface area contributed by atoms with Crippen molar-refractivity contribution in [3.8, 4) is 23.3 Å². The van der Waals surface area contributed by atoms with Gasteiger partial charge in [-0.1, -0.05) is 37.3 Å². The molecule has 1 saturated heterocycles. The maximum atomic E-state index is 14.0. The molecule has 0 spiro atoms. The molecule has 194 valence electrons. The molecule has 0 radical (unpaired) electrons. The molecule has 2 aromatic rings. The first-order valence-corrected chi connectivity index (χ1v) is 12.4. The summed E-state index contributed by atoms with van der Waals surface area (Å²) in [4.78, 5) is 27.8. The third-order valence-electron chi connectivity index (χ3n) is 6.52. The molecule has 2 aromatic carbocycles. The topological polar surface area (TPSA) is 106 Å². The van der Waals surface area contributed by atoms with Gasteiger partial charge >= 0.3 is 6.09 Å². The van der Waals surface area contributed by atoms with Crippen molar-refractivity contribution >= 4 is 12.0 Å². The van der Waals surface area contributed by atoms with Crippen molar-refractivity contribution in [2.75, 3.05) is 0 Å². The number of nitrogens with one attached hydrogen (secondary N) is 1. The highest BCUT2D eigenvalue weighted by molar-refractivity contribution is 5.87. The van der Waals surface area contributed by atoms with E-state index in [1.165, 1.54) is 17.0 Å². The number of hydrogen-bond donors (Lipinski definition) is 1. The standard InChI is InChI=1S/C29H33FN4O3/c1-18-6-7-19(2)34(28(36)37-29(3,4)5)26(18)27(35)33-24(17-32)14-20-8-10-21(11-9-20)22-12-13-23(16-31)25(30)15-22/h8-13,15,18-19,24,26H,6-7,14H2,1-5H3,(H,33,35)/t18-,19+,24-,26+/m1/s1. The van der Waals surface area contributed by atoms with Crippen LogP contribution in [0.4, 0.5) is 9.18 Å². The molecule has 0 saturated carbocycles. The summed E-state index contributed by atoms with van der Waals surface area (Å²) >= 11 is 0. The zero-order valence-corrected chi connectivity index (χ0v) is 21.9. The predicted molar refractivity (Wildman–Crippen MR) is 138 cm³/mol. The van der Waals surface area contributed by atoms with Crippen molar-refractivity contribution in [2.45, 2.75) is 77.6 Å². The fraction of sp³-hybridized carbons (Fsp3) is 0.448. The van der Waals surface area contributed by atoms with Crippen LogP contribution in [0.15, 0.2) is 42.5 Å². The number of hydrogen-bond acceptors (Lipinski definition) is 5. The number of rotatable bonds is 5. The molecule has 0 aliphatic carbocycles. The quantitative estimate of drug-likeness (QED) is 0.592. The Kier molecular flexibility index (Phi) is 8.55. The Morgan fingerprint density at radius 3 is 2.32 bits per heavy atom. The average Bonchev–Trinajstić information content (AvgIpc) is 2.83. The highest BCUT2D eigenvalue weighted by Crippen LogP contribution is 2.30. The van der Waals surface area contributed by atoms with E-state index < -0.39 is 29.6 Å². The number of benzene rings is 2. The predicted octanol–water partition coefficient (Wildman–Crippen LogP) is 5.34. The Morgan fingerprint density at radius 2 is 1.76 bits per heavy atom. The zero-order chi connectivity index (χ0) is 27.3. The van der Waals surface area contributed by atoms with Crippen LogP contribution in [0.25, 0.3) is 11.1 Å². The number of nitriles is 2. The van der Waals surface area contributed by atoms with Gasteiger partial charge in [-0.25, -0.2) is 9.18 Å². The normalized spacial score (nSPS) is 20.3. The zero-order valence-electron chi connectivity index (χ0n) is 21.9. The van der Waals surface area contributed by atoms with Crippen molar-refractivity contribution in [2.24, 2.45) is 5.92 Å². The molecule has 1 heterocycles. The van der Waals surface area contributed by atoms with E-state index in [1.807, 2.05) is 38.1 Å². The number of piperidine rings is 1. The summed E-state index contributed by atoms with van der Waals surface area (Å²) in [5, 5.41) is 21.5. The summed E-state index contributed by atoms with van der Waals surface area (Å²) in [5.41, 5.74) is 1.51. The van der Waals surface area contributed by atoms with Gasteiger partial charge in [0.1, 0.15) is 29.6 Å². The molecule has 0 bridgehead atoms. The molecule has 37 heavy (non-hydrogen) atoms. The van der Waals surface area contributed by atoms with Crippen LogP contribution >= 0.6 is 0 Å². The Hall–Kier alpha value is -3.91. The van der Waals surface area contributed by atoms with Gasteiger partial charge in [0.05, 0.1) is 11.6 Å². The van der Waals surface area contributed by atoms with E-state index in [0.29, 0.717) is 5.56 Å². The maximum Gasteiger partial charge on any atom is 0.411 e. The second-order valence-electron chi connectivity index (χ2n) is 10.6. The van der Waals surface area contributed by atoms with Crippen molar-refractivity contribution in [1.29, 1.82) is 10.5 Å². The number of carbonyl (C=O) groups is 2. The van der Waals surface area contributed by atoms with Gasteiger partial charge in [-0.3, -0.25) is 9.69 Å². The van der Waals surface area contributed by atoms with E-state index in [0.717, 1.165) is 24.0 Å². The highest BCUT2D eigenvalue weighted by atomic mass is 19.1. The van der Waals surface area contributed by atoms with E-state index in [2.05, 4.69) is 11.4 Å². The Balaban J connectivity index is 1.72. The van der Waals surface area contributed by atoms with Crippen LogP contribution in [-0.2, 0) is 16.0 Å². The number of carbonyl (C=O) groups excluding carboxylic acids is 2. The Bertz CT molecular complexity index is 1220. The Morgan fingerprint density at radius 1 is 1.11 bits per heavy atom. The molecule has 2 amide bonds. The van der Waals surface area contributed by atoms with E-state index >= 15 is 0 Å². The van der Waals surface area contributed by atoms with Gasteiger partial charge < -0.3 is 10.1 Å². The van der Waals surface area contributed by atoms with E-state index in [4.69, 9.17) is 10.00 Å². The SMILES string of the molecule is C[C@@H]1CC[C@H](C)N(C(=O)OC(C)(C)C)[C@@H]1C(=O)N[C@@H](C#N)Cc1ccc(-c2ccc(C#N)c(F)c2)cc1. The molecule has 1 aliphatic rings. The number of ether oxygens (including phenoxy) is 1. The minimum absolute atomic E-state index is 0.0140. The fourth-order valence-electron chi connectivity index (χ4n) is 4.58. The molecule has 0 unspecified atom stereocenters. The lowest BCUT2D eigenvalue weighted by atomic mass is 9.86. The van der Waals surface area contributed by atoms with Gasteiger partial charge in [-0.2, -0.15) is 10.5 Å². The molecular weight excluding hydrogens is 471 g/mol. The number of halogens is 1. The summed E-state index contributed by atoms with van der Waals surface area (Å²) in [6.07, 6.45) is 1.29. The van der Waals surface area contributed by atoms with Gasteiger partial charge in [0.25, 0.3) is 0 Å². The largest absolute Gasteiger partial charge is 0.444 e. The van der Waals surface area contributed by atoms with Crippen LogP contribution in [-0.4, -0.2) is 40.6 Å². The molecular formula is C29H33FN4O3. The molecule has 1 N–H and O–H groups in total. The van der Waals surface area contributed by atoms with Gasteiger partial charge in [0.2, 0.25) is 5.91 Å². The smallest absolute Gasteiger partial charge is 0.411 e. The van der Waals surface area contributed by atoms with Gasteiger partial charge in [0.15, 0.2) is 0 Å². The molecule has 8 heteroatoms. The van der Waals surface area contributed by atoms with Crippen LogP contribution in [0.3, 0.4) is 0 Å². The maximum absolute atomic E-state index is 14.0. The fourth-order valence-corrected chi connectivity index (χ4v) is 4.58. The van der Waals surface area contributed by atoms with Crippen LogP contribution < -0.4 is 5.32 Å². The van der Waals surface area contributed by atoms with Gasteiger partial charge in [-0.15, -0.1) is 0 Å². The lowest BCUT2D eigenvalue weighted by Gasteiger charge is -2.43. The summed E-state index contributed by atoms with van der Waals surface area (Å²) in [5.74, 6) is -1.04. The molecule has 1 aliphatic heterocycles. The molecule has 4 atom stereocenters. The van der Waals surface area contributed by atoms with Crippen molar-refractivity contribution in [1.82, 2.24) is 10.2 Å². The van der Waals surface area contributed by atoms with Gasteiger partial charge in [-0.05, 0) is 75.3 Å². The molecule has 0 aromatic heterocycles. The highest BCUT2D eigenvalue weighted by Gasteiger charge is 2.42. The minimum Gasteiger partial charge on any atom is -0.444 e. The molecule has 7 nitrogen and oxygen atoms in total. The van der Waals surface area contributed by atoms with Crippen LogP contribution in [0.1, 0.15) is 58.6 Å². The first-order chi connectivity index (χ1) is 17.4. The number of likely N-dealkylation sites (tertiary alicyclic amines) is 1. The first kappa shape index (κ1) is 27.7. The van der Waals surface area contributed by atoms with E-state index in [-0.39, 0.29) is 29.9 Å². The summed E-state index contributed by atoms with van der Waals surface area (Å²) < 4.78 is 19.6. The van der Waals surface area contributed by atoms with Crippen LogP contribution in [0.5, 0.6) is 0 Å². The number of amides is 2. The third kappa shape index (κ3) is 6.86. The molecule has 1 fully saturated rings. The van der Waals surface area contributed by atoms with E-state index in [9.17, 15) is 19.2 Å². The first-order valence-electron chi connectivity index (χ1n) is 12.4. The molecule has 3 rings (SSSR count). The Labute approximate surface area is 217 Å². The summed E-state index contributed by atoms with van der Waals surface area (Å²) in [6, 6.07) is 13.9. The van der Waals surface area contributed by atoms with Crippen LogP contribution in [0.2, 0.25) is 0 Å². The van der Waals surface area contributed by atoms with E-state index in [1.54, 1.807) is 32.9 Å². The number of nitrogens with zero attached hydrogens (tertiary/aromatic N) is 3. The average molecular weight is 505 g/mol. The second-order valence-corrected chi connectivity index (χ2v) is 10.6. The minimum atomic E-state index is -0.796. The third-order valence-corrected chi connectivity index (χ3v) is 6.52. The lowest BCUT2D eigenvalue weighted by molar-refractivity contribution is -0.131. The van der Waals surface area contributed by atoms with Gasteiger partial charge in [0, 0.05) is 12.5 Å². The van der Waals surface area contributed by atoms with Crippen molar-refractivity contribution in [3.05, 3.63) is 59.4 Å². The van der Waals surface area contributed by atoms with Crippen molar-refractivity contribution in [3.63, 3.8) is 0 Å². The second kappa shape index (κ2) is 11.4. The van der Waals surface area contributed by atoms with Crippen molar-refractivity contribution < 1.29 is 18.7 Å². The summed E-state index contributed by atoms with van der Waals surface area (Å²) in [7, 11) is 0. The lowest BCUT2D eigenvalue weighted by Crippen LogP contribution is -2.60.